The van der Waals surface area contributed by atoms with Crippen LogP contribution in [-0.4, -0.2) is 132 Å². The molecule has 10 rings (SSSR count). The lowest BCUT2D eigenvalue weighted by Crippen LogP contribution is -2.47. The maximum Gasteiger partial charge on any atom is 0.264 e. The first-order valence-corrected chi connectivity index (χ1v) is 27.4. The van der Waals surface area contributed by atoms with E-state index >= 15 is 8.78 Å². The molecule has 4 amide bonds. The number of aryl methyl sites for hydroxylation is 1. The highest BCUT2D eigenvalue weighted by atomic mass is 32.1. The summed E-state index contributed by atoms with van der Waals surface area (Å²) < 4.78 is 40.1. The van der Waals surface area contributed by atoms with Gasteiger partial charge in [0.1, 0.15) is 6.04 Å². The first-order chi connectivity index (χ1) is 35.9. The number of nitrogens with one attached hydrogen (secondary N) is 1. The van der Waals surface area contributed by atoms with Crippen molar-refractivity contribution < 1.29 is 37.5 Å². The number of aldehydes is 1. The van der Waals surface area contributed by atoms with Crippen molar-refractivity contribution in [1.82, 2.24) is 34.8 Å². The van der Waals surface area contributed by atoms with Crippen LogP contribution in [0.4, 0.5) is 26.0 Å². The van der Waals surface area contributed by atoms with Crippen LogP contribution in [0.25, 0.3) is 21.3 Å². The largest absolute Gasteiger partial charge is 0.381 e. The second kappa shape index (κ2) is 22.4. The van der Waals surface area contributed by atoms with E-state index in [0.717, 1.165) is 134 Å². The number of carbonyl (C=O) groups excluding carboxylic acids is 5. The second-order valence-electron chi connectivity index (χ2n) is 20.9. The minimum atomic E-state index is -2.71. The number of anilines is 3. The van der Waals surface area contributed by atoms with Crippen molar-refractivity contribution in [3.8, 4) is 11.1 Å². The number of hydrogen-bond donors (Lipinski definition) is 1. The van der Waals surface area contributed by atoms with Crippen LogP contribution in [0.15, 0.2) is 48.0 Å². The second-order valence-corrected chi connectivity index (χ2v) is 21.7. The Labute approximate surface area is 435 Å². The third-order valence-corrected chi connectivity index (χ3v) is 17.3. The number of rotatable bonds is 15. The van der Waals surface area contributed by atoms with Gasteiger partial charge in [0, 0.05) is 100 Å². The van der Waals surface area contributed by atoms with E-state index in [-0.39, 0.29) is 34.6 Å². The standard InChI is InChI=1S/C56H67F2N9O6S/c1-4-6-50(55(71)59-33-69)62(3)56(72)43-9-8-42(25-40(43)32-68)64-20-10-36(11-21-64)30-63-18-12-37(13-19-63)45-27-39(28-48-52(45)74-34-60-48)44-26-38-7-5-17-66(51(38)29-46(44)53(57)58)54-47-31-65(35(2)70)22-14-49(47)67(61-54)41-15-23-73-24-16-41/h8-9,25-29,32-34,36-37,41,50,53H,4-7,10-24,30-31H2,1-3H3,(H,59,69,71). The summed E-state index contributed by atoms with van der Waals surface area (Å²) in [5.41, 5.74) is 10.5. The van der Waals surface area contributed by atoms with Gasteiger partial charge in [-0.25, -0.2) is 13.8 Å². The summed E-state index contributed by atoms with van der Waals surface area (Å²) in [5, 5.41) is 7.43. The topological polar surface area (TPSA) is 154 Å². The minimum Gasteiger partial charge on any atom is -0.381 e. The summed E-state index contributed by atoms with van der Waals surface area (Å²) in [6.07, 6.45) is 7.19. The van der Waals surface area contributed by atoms with Crippen LogP contribution in [0.3, 0.4) is 0 Å². The third-order valence-electron chi connectivity index (χ3n) is 16.4. The van der Waals surface area contributed by atoms with Crippen molar-refractivity contribution in [3.63, 3.8) is 0 Å². The summed E-state index contributed by atoms with van der Waals surface area (Å²) in [6.45, 7) is 11.1. The number of hydrogen-bond acceptors (Lipinski definition) is 12. The third kappa shape index (κ3) is 10.3. The highest BCUT2D eigenvalue weighted by molar-refractivity contribution is 7.17. The van der Waals surface area contributed by atoms with Gasteiger partial charge >= 0.3 is 0 Å². The average molecular weight is 1030 g/mol. The number of fused-ring (bicyclic) bond motifs is 3. The van der Waals surface area contributed by atoms with Gasteiger partial charge in [-0.05, 0) is 147 Å². The van der Waals surface area contributed by atoms with Crippen molar-refractivity contribution in [1.29, 1.82) is 0 Å². The SMILES string of the molecule is CCCC(C(=O)NC=O)N(C)C(=O)c1ccc(N2CCC(CN3CCC(c4cc(-c5cc6c(cc5C(F)F)N(c5nn(C7CCOCC7)c7c5CN(C(C)=O)CC7)CCC6)cc5ncsc45)CC3)CC2)cc1C=O. The number of piperidine rings is 2. The van der Waals surface area contributed by atoms with Crippen molar-refractivity contribution in [2.75, 3.05) is 75.9 Å². The molecular formula is C56H67F2N9O6S. The zero-order valence-electron chi connectivity index (χ0n) is 42.7. The molecular weight excluding hydrogens is 965 g/mol. The van der Waals surface area contributed by atoms with Gasteiger partial charge in [0.2, 0.25) is 18.2 Å². The summed E-state index contributed by atoms with van der Waals surface area (Å²) in [4.78, 5) is 76.9. The number of aromatic nitrogens is 3. The monoisotopic (exact) mass is 1030 g/mol. The lowest BCUT2D eigenvalue weighted by molar-refractivity contribution is -0.130. The molecule has 1 N–H and O–H groups in total. The molecule has 5 aromatic rings. The van der Waals surface area contributed by atoms with Crippen molar-refractivity contribution >= 4 is 69.2 Å². The zero-order chi connectivity index (χ0) is 51.6. The molecule has 18 heteroatoms. The van der Waals surface area contributed by atoms with E-state index in [4.69, 9.17) is 14.8 Å². The van der Waals surface area contributed by atoms with Crippen LogP contribution >= 0.6 is 11.3 Å². The van der Waals surface area contributed by atoms with E-state index in [2.05, 4.69) is 30.8 Å². The molecule has 7 heterocycles. The number of ether oxygens (including phenoxy) is 1. The summed E-state index contributed by atoms with van der Waals surface area (Å²) in [5.74, 6) is 0.540. The van der Waals surface area contributed by atoms with Crippen molar-refractivity contribution in [2.45, 2.75) is 115 Å². The Kier molecular flexibility index (Phi) is 15.5. The first-order valence-electron chi connectivity index (χ1n) is 26.6. The predicted octanol–water partition coefficient (Wildman–Crippen LogP) is 8.86. The smallest absolute Gasteiger partial charge is 0.264 e. The molecule has 3 saturated heterocycles. The van der Waals surface area contributed by atoms with Gasteiger partial charge in [0.25, 0.3) is 12.3 Å². The molecule has 0 radical (unpaired) electrons. The number of amides is 4. The van der Waals surface area contributed by atoms with E-state index < -0.39 is 24.3 Å². The Balaban J connectivity index is 0.818. The van der Waals surface area contributed by atoms with Gasteiger partial charge in [-0.3, -0.25) is 34.0 Å². The van der Waals surface area contributed by atoms with E-state index in [9.17, 15) is 24.0 Å². The Morgan fingerprint density at radius 3 is 2.45 bits per heavy atom. The van der Waals surface area contributed by atoms with Crippen molar-refractivity contribution in [3.05, 3.63) is 87.0 Å². The van der Waals surface area contributed by atoms with Crippen LogP contribution < -0.4 is 15.1 Å². The van der Waals surface area contributed by atoms with Gasteiger partial charge < -0.3 is 29.2 Å². The molecule has 74 heavy (non-hydrogen) atoms. The van der Waals surface area contributed by atoms with Crippen LogP contribution in [0.5, 0.6) is 0 Å². The summed E-state index contributed by atoms with van der Waals surface area (Å²) in [7, 11) is 1.52. The molecule has 0 saturated carbocycles. The number of benzene rings is 3. The number of alkyl halides is 2. The van der Waals surface area contributed by atoms with Gasteiger partial charge in [0.05, 0.1) is 33.9 Å². The summed E-state index contributed by atoms with van der Waals surface area (Å²) in [6, 6.07) is 12.5. The number of likely N-dealkylation sites (tertiary alicyclic amines) is 1. The lowest BCUT2D eigenvalue weighted by Gasteiger charge is -2.38. The van der Waals surface area contributed by atoms with E-state index in [1.54, 1.807) is 36.5 Å². The molecule has 0 aliphatic carbocycles. The Hall–Kier alpha value is -6.11. The number of likely N-dealkylation sites (N-methyl/N-ethyl adjacent to an activating group) is 1. The van der Waals surface area contributed by atoms with Gasteiger partial charge in [-0.1, -0.05) is 13.3 Å². The summed E-state index contributed by atoms with van der Waals surface area (Å²) >= 11 is 1.62. The number of nitrogens with zero attached hydrogens (tertiary/aromatic N) is 8. The molecule has 3 aromatic carbocycles. The molecule has 5 aliphatic heterocycles. The van der Waals surface area contributed by atoms with Gasteiger partial charge in [0.15, 0.2) is 12.1 Å². The molecule has 5 aliphatic rings. The maximum absolute atomic E-state index is 15.5. The molecule has 1 unspecified atom stereocenters. The highest BCUT2D eigenvalue weighted by Gasteiger charge is 2.36. The maximum atomic E-state index is 15.5. The normalized spacial score (nSPS) is 18.6. The quantitative estimate of drug-likeness (QED) is 0.100. The van der Waals surface area contributed by atoms with Gasteiger partial charge in [-0.15, -0.1) is 11.3 Å². The molecule has 0 bridgehead atoms. The fraction of sp³-hybridized carbons (Fsp3) is 0.518. The van der Waals surface area contributed by atoms with Crippen molar-refractivity contribution in [2.24, 2.45) is 5.92 Å². The van der Waals surface area contributed by atoms with Crippen LogP contribution in [0.1, 0.15) is 139 Å². The molecule has 3 fully saturated rings. The zero-order valence-corrected chi connectivity index (χ0v) is 43.5. The predicted molar refractivity (Wildman–Crippen MR) is 282 cm³/mol. The van der Waals surface area contributed by atoms with E-state index in [1.807, 2.05) is 35.5 Å². The minimum absolute atomic E-state index is 0.0000456. The fourth-order valence-corrected chi connectivity index (χ4v) is 13.2. The lowest BCUT2D eigenvalue weighted by atomic mass is 9.85. The molecule has 2 aromatic heterocycles. The molecule has 0 spiro atoms. The number of halogens is 2. The average Bonchev–Trinajstić information content (AvgIpc) is 4.07. The Morgan fingerprint density at radius 2 is 1.73 bits per heavy atom. The number of carbonyl (C=O) groups is 5. The molecule has 15 nitrogen and oxygen atoms in total. The molecule has 1 atom stereocenters. The van der Waals surface area contributed by atoms with Crippen LogP contribution in [0.2, 0.25) is 0 Å². The first kappa shape index (κ1) is 51.4. The Morgan fingerprint density at radius 1 is 0.946 bits per heavy atom. The van der Waals surface area contributed by atoms with Gasteiger partial charge in [-0.2, -0.15) is 5.10 Å². The van der Waals surface area contributed by atoms with Crippen LogP contribution in [0, 0.1) is 5.92 Å². The van der Waals surface area contributed by atoms with Crippen LogP contribution in [-0.2, 0) is 38.5 Å². The van der Waals surface area contributed by atoms with E-state index in [1.165, 1.54) is 17.5 Å². The highest BCUT2D eigenvalue weighted by Crippen LogP contribution is 2.46. The fourth-order valence-electron chi connectivity index (χ4n) is 12.4. The Bertz CT molecular complexity index is 2900. The number of thiazole rings is 1. The molecule has 392 valence electrons. The van der Waals surface area contributed by atoms with E-state index in [0.29, 0.717) is 76.3 Å². The number of imide groups is 1.